The van der Waals surface area contributed by atoms with E-state index in [2.05, 4.69) is 15.8 Å². The van der Waals surface area contributed by atoms with Crippen LogP contribution in [0, 0.1) is 0 Å². The second-order valence-electron chi connectivity index (χ2n) is 4.90. The van der Waals surface area contributed by atoms with Crippen molar-refractivity contribution in [2.45, 2.75) is 39.5 Å². The molecule has 0 saturated carbocycles. The lowest BCUT2D eigenvalue weighted by Crippen LogP contribution is -2.28. The number of anilines is 1. The summed E-state index contributed by atoms with van der Waals surface area (Å²) < 4.78 is 9.82. The summed E-state index contributed by atoms with van der Waals surface area (Å²) in [5.41, 5.74) is 0.799. The SMILES string of the molecule is CCOC(=O)CCCNCC(=O)Nc1cc(C(C)C)no1. The number of nitrogens with zero attached hydrogens (tertiary/aromatic N) is 1. The predicted molar refractivity (Wildman–Crippen MR) is 78.0 cm³/mol. The van der Waals surface area contributed by atoms with E-state index in [0.29, 0.717) is 31.9 Å². The van der Waals surface area contributed by atoms with Crippen molar-refractivity contribution in [3.63, 3.8) is 0 Å². The van der Waals surface area contributed by atoms with Crippen molar-refractivity contribution in [2.75, 3.05) is 25.0 Å². The highest BCUT2D eigenvalue weighted by Crippen LogP contribution is 2.17. The fourth-order valence-corrected chi connectivity index (χ4v) is 1.59. The first-order valence-electron chi connectivity index (χ1n) is 7.15. The maximum absolute atomic E-state index is 11.6. The van der Waals surface area contributed by atoms with Gasteiger partial charge in [-0.3, -0.25) is 14.9 Å². The van der Waals surface area contributed by atoms with E-state index < -0.39 is 0 Å². The number of esters is 1. The van der Waals surface area contributed by atoms with Crippen molar-refractivity contribution in [3.05, 3.63) is 11.8 Å². The predicted octanol–water partition coefficient (Wildman–Crippen LogP) is 1.67. The van der Waals surface area contributed by atoms with E-state index in [1.165, 1.54) is 0 Å². The first-order chi connectivity index (χ1) is 10.0. The zero-order chi connectivity index (χ0) is 15.7. The third kappa shape index (κ3) is 6.89. The zero-order valence-electron chi connectivity index (χ0n) is 12.8. The molecule has 1 amide bonds. The van der Waals surface area contributed by atoms with Crippen LogP contribution in [0.2, 0.25) is 0 Å². The number of carbonyl (C=O) groups is 2. The minimum atomic E-state index is -0.216. The Morgan fingerprint density at radius 3 is 2.81 bits per heavy atom. The molecule has 0 aromatic carbocycles. The summed E-state index contributed by atoms with van der Waals surface area (Å²) >= 11 is 0. The first kappa shape index (κ1) is 17.2. The largest absolute Gasteiger partial charge is 0.466 e. The monoisotopic (exact) mass is 297 g/mol. The molecule has 1 aromatic rings. The van der Waals surface area contributed by atoms with Crippen LogP contribution in [0.15, 0.2) is 10.6 Å². The van der Waals surface area contributed by atoms with Gasteiger partial charge in [0.05, 0.1) is 18.8 Å². The molecular formula is C14H23N3O4. The van der Waals surface area contributed by atoms with Gasteiger partial charge in [-0.2, -0.15) is 0 Å². The summed E-state index contributed by atoms with van der Waals surface area (Å²) in [4.78, 5) is 22.7. The summed E-state index contributed by atoms with van der Waals surface area (Å²) in [6, 6.07) is 1.71. The molecule has 7 nitrogen and oxygen atoms in total. The second kappa shape index (κ2) is 9.12. The zero-order valence-corrected chi connectivity index (χ0v) is 12.8. The van der Waals surface area contributed by atoms with Gasteiger partial charge in [0.2, 0.25) is 11.8 Å². The molecule has 0 unspecified atom stereocenters. The Labute approximate surface area is 124 Å². The molecule has 0 fully saturated rings. The number of ether oxygens (including phenoxy) is 1. The molecule has 1 heterocycles. The van der Waals surface area contributed by atoms with Gasteiger partial charge in [-0.25, -0.2) is 0 Å². The van der Waals surface area contributed by atoms with Crippen LogP contribution in [-0.4, -0.2) is 36.7 Å². The van der Waals surface area contributed by atoms with Crippen LogP contribution in [0.5, 0.6) is 0 Å². The van der Waals surface area contributed by atoms with E-state index >= 15 is 0 Å². The molecule has 0 aliphatic rings. The second-order valence-corrected chi connectivity index (χ2v) is 4.90. The van der Waals surface area contributed by atoms with Crippen LogP contribution in [-0.2, 0) is 14.3 Å². The summed E-state index contributed by atoms with van der Waals surface area (Å²) in [5, 5.41) is 9.42. The van der Waals surface area contributed by atoms with Gasteiger partial charge in [0, 0.05) is 12.5 Å². The van der Waals surface area contributed by atoms with Crippen LogP contribution in [0.25, 0.3) is 0 Å². The van der Waals surface area contributed by atoms with Crippen LogP contribution < -0.4 is 10.6 Å². The minimum absolute atomic E-state index is 0.153. The summed E-state index contributed by atoms with van der Waals surface area (Å²) in [6.07, 6.45) is 0.980. The number of nitrogens with one attached hydrogen (secondary N) is 2. The molecule has 2 N–H and O–H groups in total. The number of rotatable bonds is 9. The van der Waals surface area contributed by atoms with Crippen molar-refractivity contribution in [2.24, 2.45) is 0 Å². The van der Waals surface area contributed by atoms with Gasteiger partial charge in [0.25, 0.3) is 0 Å². The van der Waals surface area contributed by atoms with E-state index in [1.54, 1.807) is 13.0 Å². The van der Waals surface area contributed by atoms with Gasteiger partial charge < -0.3 is 14.6 Å². The molecule has 0 radical (unpaired) electrons. The van der Waals surface area contributed by atoms with E-state index in [9.17, 15) is 9.59 Å². The topological polar surface area (TPSA) is 93.5 Å². The smallest absolute Gasteiger partial charge is 0.305 e. The summed E-state index contributed by atoms with van der Waals surface area (Å²) in [7, 11) is 0. The maximum Gasteiger partial charge on any atom is 0.305 e. The number of hydrogen-bond donors (Lipinski definition) is 2. The highest BCUT2D eigenvalue weighted by molar-refractivity contribution is 5.90. The Morgan fingerprint density at radius 1 is 1.43 bits per heavy atom. The Hall–Kier alpha value is -1.89. The maximum atomic E-state index is 11.6. The summed E-state index contributed by atoms with van der Waals surface area (Å²) in [5.74, 6) is 0.168. The molecule has 0 aliphatic heterocycles. The lowest BCUT2D eigenvalue weighted by atomic mass is 10.1. The van der Waals surface area contributed by atoms with Gasteiger partial charge in [-0.1, -0.05) is 19.0 Å². The fourth-order valence-electron chi connectivity index (χ4n) is 1.59. The Kier molecular flexibility index (Phi) is 7.45. The van der Waals surface area contributed by atoms with Gasteiger partial charge in [-0.05, 0) is 25.8 Å². The molecule has 7 heteroatoms. The molecule has 0 saturated heterocycles. The molecule has 0 bridgehead atoms. The molecule has 21 heavy (non-hydrogen) atoms. The molecule has 1 aromatic heterocycles. The van der Waals surface area contributed by atoms with Crippen LogP contribution in [0.1, 0.15) is 45.2 Å². The molecule has 0 spiro atoms. The highest BCUT2D eigenvalue weighted by atomic mass is 16.5. The molecule has 1 rings (SSSR count). The Balaban J connectivity index is 2.15. The first-order valence-corrected chi connectivity index (χ1v) is 7.15. The van der Waals surface area contributed by atoms with E-state index in [-0.39, 0.29) is 24.3 Å². The number of aromatic nitrogens is 1. The normalized spacial score (nSPS) is 10.7. The fraction of sp³-hybridized carbons (Fsp3) is 0.643. The number of amides is 1. The quantitative estimate of drug-likeness (QED) is 0.532. The average Bonchev–Trinajstić information content (AvgIpc) is 2.87. The highest BCUT2D eigenvalue weighted by Gasteiger charge is 2.10. The molecular weight excluding hydrogens is 274 g/mol. The van der Waals surface area contributed by atoms with Crippen LogP contribution in [0.4, 0.5) is 5.88 Å². The van der Waals surface area contributed by atoms with Gasteiger partial charge in [-0.15, -0.1) is 0 Å². The lowest BCUT2D eigenvalue weighted by Gasteiger charge is -2.04. The summed E-state index contributed by atoms with van der Waals surface area (Å²) in [6.45, 7) is 6.88. The van der Waals surface area contributed by atoms with Gasteiger partial charge >= 0.3 is 5.97 Å². The molecule has 118 valence electrons. The average molecular weight is 297 g/mol. The van der Waals surface area contributed by atoms with Crippen LogP contribution in [0.3, 0.4) is 0 Å². The molecule has 0 aliphatic carbocycles. The van der Waals surface area contributed by atoms with E-state index in [4.69, 9.17) is 9.26 Å². The van der Waals surface area contributed by atoms with Gasteiger partial charge in [0.1, 0.15) is 0 Å². The van der Waals surface area contributed by atoms with Crippen molar-refractivity contribution in [3.8, 4) is 0 Å². The number of hydrogen-bond acceptors (Lipinski definition) is 6. The Morgan fingerprint density at radius 2 is 2.19 bits per heavy atom. The van der Waals surface area contributed by atoms with E-state index in [1.807, 2.05) is 13.8 Å². The Bertz CT molecular complexity index is 457. The van der Waals surface area contributed by atoms with Crippen molar-refractivity contribution < 1.29 is 18.8 Å². The molecule has 0 atom stereocenters. The number of carbonyl (C=O) groups excluding carboxylic acids is 2. The lowest BCUT2D eigenvalue weighted by molar-refractivity contribution is -0.143. The van der Waals surface area contributed by atoms with Crippen molar-refractivity contribution in [1.29, 1.82) is 0 Å². The van der Waals surface area contributed by atoms with Crippen molar-refractivity contribution in [1.82, 2.24) is 10.5 Å². The third-order valence-electron chi connectivity index (χ3n) is 2.71. The third-order valence-corrected chi connectivity index (χ3v) is 2.71. The standard InChI is InChI=1S/C14H23N3O4/c1-4-20-14(19)6-5-7-15-9-12(18)16-13-8-11(10(2)3)17-21-13/h8,10,15H,4-7,9H2,1-3H3,(H,16,18). The van der Waals surface area contributed by atoms with E-state index in [0.717, 1.165) is 5.69 Å². The minimum Gasteiger partial charge on any atom is -0.466 e. The van der Waals surface area contributed by atoms with Crippen molar-refractivity contribution >= 4 is 17.8 Å². The van der Waals surface area contributed by atoms with Gasteiger partial charge in [0.15, 0.2) is 0 Å². The van der Waals surface area contributed by atoms with Crippen LogP contribution >= 0.6 is 0 Å².